The van der Waals surface area contributed by atoms with Crippen molar-refractivity contribution in [1.82, 2.24) is 5.32 Å². The van der Waals surface area contributed by atoms with Gasteiger partial charge in [0.15, 0.2) is 0 Å². The molecule has 0 bridgehead atoms. The summed E-state index contributed by atoms with van der Waals surface area (Å²) in [5, 5.41) is 2.98. The van der Waals surface area contributed by atoms with Gasteiger partial charge >= 0.3 is 0 Å². The molecule has 124 valence electrons. The molecule has 0 unspecified atom stereocenters. The van der Waals surface area contributed by atoms with Gasteiger partial charge in [-0.3, -0.25) is 4.79 Å². The average Bonchev–Trinajstić information content (AvgIpc) is 2.48. The van der Waals surface area contributed by atoms with Crippen LogP contribution in [0.25, 0.3) is 0 Å². The maximum atomic E-state index is 12.2. The zero-order valence-corrected chi connectivity index (χ0v) is 14.4. The van der Waals surface area contributed by atoms with Gasteiger partial charge in [0, 0.05) is 23.8 Å². The molecular weight excluding hydrogens is 278 g/mol. The van der Waals surface area contributed by atoms with Crippen LogP contribution in [0.5, 0.6) is 5.75 Å². The number of rotatable bonds is 9. The second-order valence-electron chi connectivity index (χ2n) is 5.95. The second kappa shape index (κ2) is 9.46. The Kier molecular flexibility index (Phi) is 7.96. The molecule has 4 nitrogen and oxygen atoms in total. The van der Waals surface area contributed by atoms with Gasteiger partial charge in [0.2, 0.25) is 0 Å². The van der Waals surface area contributed by atoms with Gasteiger partial charge < -0.3 is 14.8 Å². The van der Waals surface area contributed by atoms with Crippen LogP contribution >= 0.6 is 0 Å². The fourth-order valence-electron chi connectivity index (χ4n) is 1.94. The average molecular weight is 307 g/mol. The van der Waals surface area contributed by atoms with Gasteiger partial charge in [-0.2, -0.15) is 0 Å². The van der Waals surface area contributed by atoms with Crippen LogP contribution in [0.1, 0.15) is 57.0 Å². The van der Waals surface area contributed by atoms with Crippen molar-refractivity contribution < 1.29 is 14.3 Å². The fourth-order valence-corrected chi connectivity index (χ4v) is 1.94. The van der Waals surface area contributed by atoms with E-state index in [0.717, 1.165) is 17.7 Å². The lowest BCUT2D eigenvalue weighted by Crippen LogP contribution is -2.31. The highest BCUT2D eigenvalue weighted by Gasteiger charge is 2.12. The molecule has 0 aliphatic rings. The quantitative estimate of drug-likeness (QED) is 0.755. The van der Waals surface area contributed by atoms with E-state index in [4.69, 9.17) is 9.47 Å². The summed E-state index contributed by atoms with van der Waals surface area (Å²) in [5.41, 5.74) is 1.56. The monoisotopic (exact) mass is 307 g/mol. The van der Waals surface area contributed by atoms with E-state index in [0.29, 0.717) is 31.3 Å². The number of ether oxygens (including phenoxy) is 2. The zero-order valence-electron chi connectivity index (χ0n) is 14.4. The molecule has 0 heterocycles. The van der Waals surface area contributed by atoms with Gasteiger partial charge in [-0.25, -0.2) is 0 Å². The third kappa shape index (κ3) is 6.06. The molecule has 1 rings (SSSR count). The van der Waals surface area contributed by atoms with Crippen molar-refractivity contribution in [2.24, 2.45) is 5.92 Å². The molecule has 4 heteroatoms. The number of carbonyl (C=O) groups is 1. The van der Waals surface area contributed by atoms with E-state index in [2.05, 4.69) is 19.2 Å². The van der Waals surface area contributed by atoms with Crippen LogP contribution in [0.2, 0.25) is 0 Å². The van der Waals surface area contributed by atoms with Crippen molar-refractivity contribution in [2.45, 2.75) is 53.7 Å². The topological polar surface area (TPSA) is 47.6 Å². The highest BCUT2D eigenvalue weighted by Crippen LogP contribution is 2.22. The van der Waals surface area contributed by atoms with Crippen LogP contribution in [-0.2, 0) is 11.3 Å². The Balaban J connectivity index is 2.85. The summed E-state index contributed by atoms with van der Waals surface area (Å²) in [7, 11) is 0. The Morgan fingerprint density at radius 2 is 1.95 bits per heavy atom. The molecule has 0 aromatic heterocycles. The maximum Gasteiger partial charge on any atom is 0.251 e. The third-order valence-corrected chi connectivity index (χ3v) is 3.32. The second-order valence-corrected chi connectivity index (χ2v) is 5.95. The molecule has 1 aromatic rings. The van der Waals surface area contributed by atoms with E-state index < -0.39 is 0 Å². The van der Waals surface area contributed by atoms with E-state index in [-0.39, 0.29) is 11.9 Å². The van der Waals surface area contributed by atoms with Crippen molar-refractivity contribution in [3.8, 4) is 5.75 Å². The Morgan fingerprint density at radius 1 is 1.23 bits per heavy atom. The summed E-state index contributed by atoms with van der Waals surface area (Å²) >= 11 is 0. The molecule has 0 spiro atoms. The predicted octanol–water partition coefficient (Wildman–Crippen LogP) is 3.79. The Hall–Kier alpha value is -1.55. The lowest BCUT2D eigenvalue weighted by atomic mass is 10.1. The SMILES string of the molecule is CCOc1ccc(C(=O)N[C@H](C)CC)cc1COCC(C)C. The predicted molar refractivity (Wildman–Crippen MR) is 89.3 cm³/mol. The van der Waals surface area contributed by atoms with Crippen LogP contribution in [-0.4, -0.2) is 25.2 Å². The van der Waals surface area contributed by atoms with Gasteiger partial charge in [-0.15, -0.1) is 0 Å². The summed E-state index contributed by atoms with van der Waals surface area (Å²) in [6.07, 6.45) is 0.910. The molecule has 22 heavy (non-hydrogen) atoms. The third-order valence-electron chi connectivity index (χ3n) is 3.32. The van der Waals surface area contributed by atoms with Crippen molar-refractivity contribution >= 4 is 5.91 Å². The molecule has 0 radical (unpaired) electrons. The van der Waals surface area contributed by atoms with Crippen LogP contribution in [0, 0.1) is 5.92 Å². The number of hydrogen-bond acceptors (Lipinski definition) is 3. The minimum Gasteiger partial charge on any atom is -0.494 e. The lowest BCUT2D eigenvalue weighted by Gasteiger charge is -2.15. The molecule has 1 aromatic carbocycles. The van der Waals surface area contributed by atoms with Crippen molar-refractivity contribution in [3.63, 3.8) is 0 Å². The number of amides is 1. The molecular formula is C18H29NO3. The standard InChI is InChI=1S/C18H29NO3/c1-6-14(5)19-18(20)15-8-9-17(22-7-2)16(10-15)12-21-11-13(3)4/h8-10,13-14H,6-7,11-12H2,1-5H3,(H,19,20)/t14-/m1/s1. The minimum atomic E-state index is -0.0532. The number of hydrogen-bond donors (Lipinski definition) is 1. The molecule has 0 saturated carbocycles. The number of nitrogens with one attached hydrogen (secondary N) is 1. The molecule has 0 saturated heterocycles. The van der Waals surface area contributed by atoms with E-state index in [1.165, 1.54) is 0 Å². The highest BCUT2D eigenvalue weighted by atomic mass is 16.5. The highest BCUT2D eigenvalue weighted by molar-refractivity contribution is 5.94. The van der Waals surface area contributed by atoms with Crippen molar-refractivity contribution in [1.29, 1.82) is 0 Å². The zero-order chi connectivity index (χ0) is 16.5. The number of benzene rings is 1. The molecule has 0 aliphatic carbocycles. The Labute approximate surface area is 134 Å². The normalized spacial score (nSPS) is 12.3. The number of carbonyl (C=O) groups excluding carboxylic acids is 1. The molecule has 1 atom stereocenters. The largest absolute Gasteiger partial charge is 0.494 e. The first-order valence-electron chi connectivity index (χ1n) is 8.12. The Bertz CT molecular complexity index is 471. The van der Waals surface area contributed by atoms with E-state index in [9.17, 15) is 4.79 Å². The van der Waals surface area contributed by atoms with Crippen LogP contribution in [0.4, 0.5) is 0 Å². The summed E-state index contributed by atoms with van der Waals surface area (Å²) in [4.78, 5) is 12.2. The van der Waals surface area contributed by atoms with Gasteiger partial charge in [0.1, 0.15) is 5.75 Å². The molecule has 0 aliphatic heterocycles. The van der Waals surface area contributed by atoms with E-state index in [1.807, 2.05) is 32.9 Å². The maximum absolute atomic E-state index is 12.2. The van der Waals surface area contributed by atoms with Gasteiger partial charge in [0.05, 0.1) is 13.2 Å². The van der Waals surface area contributed by atoms with E-state index in [1.54, 1.807) is 6.07 Å². The lowest BCUT2D eigenvalue weighted by molar-refractivity contribution is 0.0928. The van der Waals surface area contributed by atoms with Crippen molar-refractivity contribution in [2.75, 3.05) is 13.2 Å². The fraction of sp³-hybridized carbons (Fsp3) is 0.611. The Morgan fingerprint density at radius 3 is 2.55 bits per heavy atom. The van der Waals surface area contributed by atoms with Crippen molar-refractivity contribution in [3.05, 3.63) is 29.3 Å². The molecule has 1 amide bonds. The first-order chi connectivity index (χ1) is 10.5. The van der Waals surface area contributed by atoms with Crippen LogP contribution in [0.3, 0.4) is 0 Å². The van der Waals surface area contributed by atoms with Gasteiger partial charge in [0.25, 0.3) is 5.91 Å². The summed E-state index contributed by atoms with van der Waals surface area (Å²) in [5.74, 6) is 1.21. The molecule has 1 N–H and O–H groups in total. The molecule has 0 fully saturated rings. The van der Waals surface area contributed by atoms with Gasteiger partial charge in [-0.1, -0.05) is 20.8 Å². The van der Waals surface area contributed by atoms with Crippen LogP contribution in [0.15, 0.2) is 18.2 Å². The van der Waals surface area contributed by atoms with Gasteiger partial charge in [-0.05, 0) is 44.4 Å². The minimum absolute atomic E-state index is 0.0532. The summed E-state index contributed by atoms with van der Waals surface area (Å²) in [6.45, 7) is 12.0. The first-order valence-corrected chi connectivity index (χ1v) is 8.12. The summed E-state index contributed by atoms with van der Waals surface area (Å²) in [6, 6.07) is 5.68. The smallest absolute Gasteiger partial charge is 0.251 e. The van der Waals surface area contributed by atoms with Crippen LogP contribution < -0.4 is 10.1 Å². The van der Waals surface area contributed by atoms with E-state index >= 15 is 0 Å². The first kappa shape index (κ1) is 18.5. The summed E-state index contributed by atoms with van der Waals surface area (Å²) < 4.78 is 11.3.